The molecule has 1 aliphatic heterocycles. The van der Waals surface area contributed by atoms with E-state index in [1.54, 1.807) is 77.9 Å². The zero-order valence-electron chi connectivity index (χ0n) is 24.8. The molecule has 3 aromatic rings. The lowest BCUT2D eigenvalue weighted by Gasteiger charge is -2.49. The van der Waals surface area contributed by atoms with Gasteiger partial charge in [0.1, 0.15) is 0 Å². The standard InChI is InChI=1S/C32H33Cl2N3O6S.H2O/c1-42-32(40)20-9-7-8-19(16-20)18-43-35-30(38)28-22-10-3-4-11-23(22)31(39)37(27-13-6-5-12-26(27)36-44(2)41)29(28)24-15-14-21(33)17-25(24)34;/h3-4,7-11,14-17,26-29,36H,5-6,12-13,18H2,1-2H3,(H,35,38);1H2/t26-,27-,28+,29-,44?;/m1./s1. The van der Waals surface area contributed by atoms with Crippen LogP contribution in [0.3, 0.4) is 0 Å². The van der Waals surface area contributed by atoms with Gasteiger partial charge in [0.05, 0.1) is 42.2 Å². The van der Waals surface area contributed by atoms with E-state index in [0.717, 1.165) is 19.3 Å². The Labute approximate surface area is 274 Å². The summed E-state index contributed by atoms with van der Waals surface area (Å²) in [5.41, 5.74) is 5.10. The maximum absolute atomic E-state index is 14.3. The van der Waals surface area contributed by atoms with E-state index in [1.807, 2.05) is 0 Å². The van der Waals surface area contributed by atoms with Crippen LogP contribution in [0.4, 0.5) is 0 Å². The largest absolute Gasteiger partial charge is 0.465 e. The Hall–Kier alpha value is -3.32. The molecule has 4 N–H and O–H groups in total. The van der Waals surface area contributed by atoms with E-state index in [2.05, 4.69) is 10.2 Å². The molecule has 2 amide bonds. The number of benzene rings is 3. The van der Waals surface area contributed by atoms with Gasteiger partial charge in [-0.3, -0.25) is 14.4 Å². The van der Waals surface area contributed by atoms with E-state index >= 15 is 0 Å². The quantitative estimate of drug-likeness (QED) is 0.249. The third-order valence-electron chi connectivity index (χ3n) is 8.10. The summed E-state index contributed by atoms with van der Waals surface area (Å²) >= 11 is 13.0. The molecule has 0 bridgehead atoms. The van der Waals surface area contributed by atoms with Gasteiger partial charge in [0, 0.05) is 33.9 Å². The first-order valence-corrected chi connectivity index (χ1v) is 16.6. The van der Waals surface area contributed by atoms with Gasteiger partial charge >= 0.3 is 5.97 Å². The zero-order valence-corrected chi connectivity index (χ0v) is 27.1. The lowest BCUT2D eigenvalue weighted by Crippen LogP contribution is -2.58. The SMILES string of the molecule is COC(=O)c1cccc(CONC(=O)[C@H]2c3ccccc3C(=O)N([C@@H]3CCCC[C@H]3NS(C)=O)[C@@H]2c2ccc(Cl)cc2Cl)c1.O. The molecule has 0 aromatic heterocycles. The van der Waals surface area contributed by atoms with Gasteiger partial charge in [-0.15, -0.1) is 0 Å². The number of methoxy groups -OCH3 is 1. The van der Waals surface area contributed by atoms with Crippen molar-refractivity contribution in [2.45, 2.75) is 56.3 Å². The molecule has 1 saturated carbocycles. The third-order valence-corrected chi connectivity index (χ3v) is 9.30. The van der Waals surface area contributed by atoms with Gasteiger partial charge in [-0.05, 0) is 59.9 Å². The normalized spacial score (nSPS) is 21.7. The second-order valence-electron chi connectivity index (χ2n) is 10.9. The fourth-order valence-electron chi connectivity index (χ4n) is 6.23. The fraction of sp³-hybridized carbons (Fsp3) is 0.344. The first-order valence-electron chi connectivity index (χ1n) is 14.2. The summed E-state index contributed by atoms with van der Waals surface area (Å²) < 4.78 is 20.2. The highest BCUT2D eigenvalue weighted by molar-refractivity contribution is 7.82. The van der Waals surface area contributed by atoms with Crippen molar-refractivity contribution in [3.05, 3.63) is 105 Å². The number of fused-ring (bicyclic) bond motifs is 1. The number of ether oxygens (including phenoxy) is 1. The van der Waals surface area contributed by atoms with Crippen molar-refractivity contribution in [3.63, 3.8) is 0 Å². The van der Waals surface area contributed by atoms with E-state index < -0.39 is 34.8 Å². The topological polar surface area (TPSA) is 146 Å². The highest BCUT2D eigenvalue weighted by atomic mass is 35.5. The van der Waals surface area contributed by atoms with E-state index in [0.29, 0.717) is 44.3 Å². The summed E-state index contributed by atoms with van der Waals surface area (Å²) in [6.45, 7) is -0.0170. The average molecular weight is 677 g/mol. The van der Waals surface area contributed by atoms with Crippen LogP contribution >= 0.6 is 23.2 Å². The molecule has 1 aliphatic carbocycles. The van der Waals surface area contributed by atoms with Gasteiger partial charge in [-0.1, -0.05) is 72.4 Å². The number of hydroxylamine groups is 1. The molecular formula is C32H35Cl2N3O7S. The monoisotopic (exact) mass is 675 g/mol. The number of nitrogens with one attached hydrogen (secondary N) is 2. The predicted molar refractivity (Wildman–Crippen MR) is 172 cm³/mol. The lowest BCUT2D eigenvalue weighted by molar-refractivity contribution is -0.138. The molecule has 0 saturated heterocycles. The number of halogens is 2. The number of carbonyl (C=O) groups is 3. The highest BCUT2D eigenvalue weighted by Crippen LogP contribution is 2.47. The number of amides is 2. The lowest BCUT2D eigenvalue weighted by atomic mass is 9.76. The van der Waals surface area contributed by atoms with Crippen LogP contribution in [0, 0.1) is 0 Å². The summed E-state index contributed by atoms with van der Waals surface area (Å²) in [4.78, 5) is 47.9. The van der Waals surface area contributed by atoms with Crippen molar-refractivity contribution < 1.29 is 33.6 Å². The molecular weight excluding hydrogens is 641 g/mol. The Morgan fingerprint density at radius 2 is 1.76 bits per heavy atom. The van der Waals surface area contributed by atoms with Crippen molar-refractivity contribution in [2.75, 3.05) is 13.4 Å². The van der Waals surface area contributed by atoms with Crippen LogP contribution in [0.25, 0.3) is 0 Å². The molecule has 10 nitrogen and oxygen atoms in total. The molecule has 5 rings (SSSR count). The van der Waals surface area contributed by atoms with Crippen LogP contribution in [-0.4, -0.2) is 57.8 Å². The van der Waals surface area contributed by atoms with Gasteiger partial charge in [0.2, 0.25) is 0 Å². The smallest absolute Gasteiger partial charge is 0.337 e. The number of carbonyl (C=O) groups excluding carboxylic acids is 3. The molecule has 0 spiro atoms. The van der Waals surface area contributed by atoms with Crippen LogP contribution in [0.15, 0.2) is 66.7 Å². The van der Waals surface area contributed by atoms with Gasteiger partial charge in [-0.25, -0.2) is 19.2 Å². The van der Waals surface area contributed by atoms with Crippen molar-refractivity contribution in [1.29, 1.82) is 0 Å². The Kier molecular flexibility index (Phi) is 11.8. The minimum absolute atomic E-state index is 0. The summed E-state index contributed by atoms with van der Waals surface area (Å²) in [5, 5.41) is 0.738. The first kappa shape index (κ1) is 34.6. The molecule has 45 heavy (non-hydrogen) atoms. The summed E-state index contributed by atoms with van der Waals surface area (Å²) in [6, 6.07) is 17.3. The van der Waals surface area contributed by atoms with E-state index in [4.69, 9.17) is 32.8 Å². The Balaban J connectivity index is 0.00000461. The molecule has 1 unspecified atom stereocenters. The molecule has 2 aliphatic rings. The molecule has 0 radical (unpaired) electrons. The van der Waals surface area contributed by atoms with Crippen molar-refractivity contribution in [3.8, 4) is 0 Å². The number of hydrogen-bond acceptors (Lipinski definition) is 6. The van der Waals surface area contributed by atoms with Crippen LogP contribution in [0.1, 0.15) is 75.0 Å². The summed E-state index contributed by atoms with van der Waals surface area (Å²) in [5.74, 6) is -2.10. The van der Waals surface area contributed by atoms with Gasteiger partial charge in [0.15, 0.2) is 0 Å². The molecule has 1 heterocycles. The van der Waals surface area contributed by atoms with Gasteiger partial charge in [0.25, 0.3) is 11.8 Å². The Morgan fingerprint density at radius 1 is 1.00 bits per heavy atom. The van der Waals surface area contributed by atoms with Crippen molar-refractivity contribution in [1.82, 2.24) is 15.1 Å². The summed E-state index contributed by atoms with van der Waals surface area (Å²) in [6.07, 6.45) is 4.75. The van der Waals surface area contributed by atoms with Crippen LogP contribution in [0.5, 0.6) is 0 Å². The number of hydrogen-bond donors (Lipinski definition) is 2. The maximum Gasteiger partial charge on any atom is 0.337 e. The Bertz CT molecular complexity index is 1590. The van der Waals surface area contributed by atoms with E-state index in [-0.39, 0.29) is 30.1 Å². The van der Waals surface area contributed by atoms with Crippen LogP contribution < -0.4 is 10.2 Å². The second-order valence-corrected chi connectivity index (χ2v) is 12.9. The van der Waals surface area contributed by atoms with E-state index in [1.165, 1.54) is 7.11 Å². The van der Waals surface area contributed by atoms with Crippen molar-refractivity contribution >= 4 is 52.0 Å². The molecule has 240 valence electrons. The maximum atomic E-state index is 14.3. The predicted octanol–water partition coefficient (Wildman–Crippen LogP) is 4.68. The Morgan fingerprint density at radius 3 is 2.49 bits per heavy atom. The van der Waals surface area contributed by atoms with Crippen LogP contribution in [0.2, 0.25) is 10.0 Å². The minimum Gasteiger partial charge on any atom is -0.465 e. The summed E-state index contributed by atoms with van der Waals surface area (Å²) in [7, 11) is -0.00922. The highest BCUT2D eigenvalue weighted by Gasteiger charge is 2.49. The van der Waals surface area contributed by atoms with Crippen molar-refractivity contribution in [2.24, 2.45) is 0 Å². The minimum atomic E-state index is -1.31. The number of rotatable bonds is 9. The molecule has 3 aromatic carbocycles. The average Bonchev–Trinajstić information content (AvgIpc) is 3.01. The van der Waals surface area contributed by atoms with Gasteiger partial charge < -0.3 is 15.1 Å². The molecule has 5 atom stereocenters. The number of esters is 1. The molecule has 13 heteroatoms. The molecule has 1 fully saturated rings. The fourth-order valence-corrected chi connectivity index (χ4v) is 7.45. The van der Waals surface area contributed by atoms with Crippen LogP contribution in [-0.2, 0) is 32.0 Å². The second kappa shape index (κ2) is 15.3. The van der Waals surface area contributed by atoms with E-state index in [9.17, 15) is 18.6 Å². The number of nitrogens with zero attached hydrogens (tertiary/aromatic N) is 1. The first-order chi connectivity index (χ1) is 21.2. The third kappa shape index (κ3) is 7.57. The zero-order chi connectivity index (χ0) is 31.4. The van der Waals surface area contributed by atoms with Gasteiger partial charge in [-0.2, -0.15) is 0 Å².